The van der Waals surface area contributed by atoms with Gasteiger partial charge in [-0.05, 0) is 48.1 Å². The number of hydrogen-bond acceptors (Lipinski definition) is 3. The van der Waals surface area contributed by atoms with E-state index >= 15 is 0 Å². The van der Waals surface area contributed by atoms with Crippen molar-refractivity contribution >= 4 is 23.2 Å². The number of aromatic nitrogens is 3. The lowest BCUT2D eigenvalue weighted by Crippen LogP contribution is -2.24. The van der Waals surface area contributed by atoms with E-state index in [0.29, 0.717) is 0 Å². The number of nitrogens with one attached hydrogen (secondary N) is 1. The van der Waals surface area contributed by atoms with Crippen molar-refractivity contribution in [2.45, 2.75) is 25.3 Å². The minimum atomic E-state index is 0.0529. The number of hydrogen-bond donors (Lipinski definition) is 1. The molecule has 5 rings (SSSR count). The van der Waals surface area contributed by atoms with E-state index in [9.17, 15) is 0 Å². The van der Waals surface area contributed by atoms with Crippen LogP contribution in [-0.4, -0.2) is 14.8 Å². The molecule has 124 valence electrons. The van der Waals surface area contributed by atoms with Gasteiger partial charge in [0.05, 0.1) is 5.70 Å². The summed E-state index contributed by atoms with van der Waals surface area (Å²) in [5.41, 5.74) is 6.41. The summed E-state index contributed by atoms with van der Waals surface area (Å²) in [7, 11) is 0. The Morgan fingerprint density at radius 3 is 2.76 bits per heavy atom. The largest absolute Gasteiger partial charge is 0.324 e. The maximum atomic E-state index is 6.10. The van der Waals surface area contributed by atoms with Gasteiger partial charge in [-0.2, -0.15) is 10.1 Å². The summed E-state index contributed by atoms with van der Waals surface area (Å²) in [6, 6.07) is 16.8. The molecule has 1 atom stereocenters. The first-order chi connectivity index (χ1) is 12.3. The van der Waals surface area contributed by atoms with E-state index in [-0.39, 0.29) is 6.04 Å². The molecule has 0 spiro atoms. The monoisotopic (exact) mass is 348 g/mol. The van der Waals surface area contributed by atoms with Gasteiger partial charge >= 0.3 is 0 Å². The third-order valence-electron chi connectivity index (χ3n) is 5.07. The highest BCUT2D eigenvalue weighted by molar-refractivity contribution is 6.30. The van der Waals surface area contributed by atoms with Gasteiger partial charge in [-0.3, -0.25) is 0 Å². The van der Waals surface area contributed by atoms with E-state index in [1.807, 2.05) is 16.8 Å². The number of halogens is 1. The van der Waals surface area contributed by atoms with Crippen LogP contribution in [0.4, 0.5) is 5.95 Å². The summed E-state index contributed by atoms with van der Waals surface area (Å²) in [4.78, 5) is 4.43. The van der Waals surface area contributed by atoms with Gasteiger partial charge in [0.15, 0.2) is 0 Å². The summed E-state index contributed by atoms with van der Waals surface area (Å²) in [5.74, 6) is 0.787. The van der Waals surface area contributed by atoms with Crippen LogP contribution in [0.25, 0.3) is 5.70 Å². The lowest BCUT2D eigenvalue weighted by Gasteiger charge is -2.30. The summed E-state index contributed by atoms with van der Waals surface area (Å²) in [5, 5.41) is 8.77. The smallest absolute Gasteiger partial charge is 0.226 e. The molecule has 1 aliphatic heterocycles. The first-order valence-electron chi connectivity index (χ1n) is 8.54. The Hall–Kier alpha value is -2.59. The van der Waals surface area contributed by atoms with Gasteiger partial charge < -0.3 is 5.32 Å². The lowest BCUT2D eigenvalue weighted by molar-refractivity contribution is 0.562. The molecule has 0 saturated heterocycles. The predicted molar refractivity (Wildman–Crippen MR) is 99.5 cm³/mol. The number of aryl methyl sites for hydroxylation is 1. The Balaban J connectivity index is 1.74. The number of allylic oxidation sites excluding steroid dienone is 1. The summed E-state index contributed by atoms with van der Waals surface area (Å²) in [6.07, 6.45) is 4.87. The molecule has 1 N–H and O–H groups in total. The molecule has 1 unspecified atom stereocenters. The van der Waals surface area contributed by atoms with Crippen LogP contribution in [0.15, 0.2) is 60.4 Å². The van der Waals surface area contributed by atoms with Crippen LogP contribution >= 0.6 is 11.6 Å². The molecule has 0 bridgehead atoms. The molecule has 0 radical (unpaired) electrons. The van der Waals surface area contributed by atoms with Crippen LogP contribution < -0.4 is 5.32 Å². The van der Waals surface area contributed by atoms with Crippen LogP contribution in [-0.2, 0) is 6.42 Å². The number of rotatable bonds is 1. The molecule has 0 saturated carbocycles. The van der Waals surface area contributed by atoms with Gasteiger partial charge in [0, 0.05) is 10.6 Å². The molecule has 2 aromatic carbocycles. The van der Waals surface area contributed by atoms with Crippen LogP contribution in [0.1, 0.15) is 35.6 Å². The molecular weight excluding hydrogens is 332 g/mol. The Kier molecular flexibility index (Phi) is 3.38. The second-order valence-electron chi connectivity index (χ2n) is 6.52. The number of benzene rings is 2. The molecular formula is C20H17ClN4. The van der Waals surface area contributed by atoms with Crippen molar-refractivity contribution in [3.05, 3.63) is 82.1 Å². The highest BCUT2D eigenvalue weighted by atomic mass is 35.5. The fourth-order valence-electron chi connectivity index (χ4n) is 3.95. The first kappa shape index (κ1) is 14.7. The molecule has 1 aliphatic carbocycles. The van der Waals surface area contributed by atoms with Crippen molar-refractivity contribution in [1.82, 2.24) is 14.8 Å². The Labute approximate surface area is 151 Å². The van der Waals surface area contributed by atoms with E-state index in [2.05, 4.69) is 51.8 Å². The zero-order valence-electron chi connectivity index (χ0n) is 13.6. The minimum absolute atomic E-state index is 0.0529. The van der Waals surface area contributed by atoms with Crippen LogP contribution in [0, 0.1) is 0 Å². The Morgan fingerprint density at radius 2 is 1.88 bits per heavy atom. The standard InChI is InChI=1S/C20H17ClN4/c21-15-10-8-14(9-11-15)19-17-7-3-5-13-4-1-2-6-16(13)18(17)24-20-22-12-23-25(19)20/h1-2,4,6,8-12,19H,3,5,7H2,(H,22,23,24). The topological polar surface area (TPSA) is 42.7 Å². The molecule has 3 aromatic rings. The molecule has 1 aromatic heterocycles. The molecule has 2 aliphatic rings. The van der Waals surface area contributed by atoms with E-state index in [0.717, 1.165) is 30.2 Å². The fourth-order valence-corrected chi connectivity index (χ4v) is 4.07. The maximum absolute atomic E-state index is 6.10. The molecule has 2 heterocycles. The maximum Gasteiger partial charge on any atom is 0.226 e. The second kappa shape index (κ2) is 5.74. The highest BCUT2D eigenvalue weighted by Crippen LogP contribution is 2.42. The molecule has 0 fully saturated rings. The quantitative estimate of drug-likeness (QED) is 0.693. The molecule has 0 amide bonds. The van der Waals surface area contributed by atoms with Crippen molar-refractivity contribution < 1.29 is 0 Å². The zero-order valence-corrected chi connectivity index (χ0v) is 14.4. The zero-order chi connectivity index (χ0) is 16.8. The lowest BCUT2D eigenvalue weighted by atomic mass is 9.91. The third-order valence-corrected chi connectivity index (χ3v) is 5.32. The number of anilines is 1. The van der Waals surface area contributed by atoms with E-state index < -0.39 is 0 Å². The van der Waals surface area contributed by atoms with E-state index in [4.69, 9.17) is 11.6 Å². The van der Waals surface area contributed by atoms with Gasteiger partial charge in [-0.25, -0.2) is 4.68 Å². The number of fused-ring (bicyclic) bond motifs is 3. The summed E-state index contributed by atoms with van der Waals surface area (Å²) >= 11 is 6.10. The van der Waals surface area contributed by atoms with Crippen LogP contribution in [0.2, 0.25) is 5.02 Å². The van der Waals surface area contributed by atoms with Crippen molar-refractivity contribution in [1.29, 1.82) is 0 Å². The number of nitrogens with zero attached hydrogens (tertiary/aromatic N) is 3. The average molecular weight is 349 g/mol. The van der Waals surface area contributed by atoms with Gasteiger partial charge in [-0.15, -0.1) is 0 Å². The molecule has 5 heteroatoms. The van der Waals surface area contributed by atoms with Gasteiger partial charge in [-0.1, -0.05) is 48.0 Å². The minimum Gasteiger partial charge on any atom is -0.324 e. The average Bonchev–Trinajstić information content (AvgIpc) is 3.02. The van der Waals surface area contributed by atoms with Gasteiger partial charge in [0.25, 0.3) is 0 Å². The third kappa shape index (κ3) is 2.36. The van der Waals surface area contributed by atoms with Crippen LogP contribution in [0.3, 0.4) is 0 Å². The van der Waals surface area contributed by atoms with Gasteiger partial charge in [0.2, 0.25) is 5.95 Å². The van der Waals surface area contributed by atoms with Crippen molar-refractivity contribution in [3.63, 3.8) is 0 Å². The van der Waals surface area contributed by atoms with Gasteiger partial charge in [0.1, 0.15) is 12.4 Å². The van der Waals surface area contributed by atoms with Crippen molar-refractivity contribution in [2.24, 2.45) is 0 Å². The highest BCUT2D eigenvalue weighted by Gasteiger charge is 2.32. The van der Waals surface area contributed by atoms with E-state index in [1.54, 1.807) is 6.33 Å². The summed E-state index contributed by atoms with van der Waals surface area (Å²) in [6.45, 7) is 0. The van der Waals surface area contributed by atoms with E-state index in [1.165, 1.54) is 28.0 Å². The first-order valence-corrected chi connectivity index (χ1v) is 8.92. The van der Waals surface area contributed by atoms with Crippen LogP contribution in [0.5, 0.6) is 0 Å². The second-order valence-corrected chi connectivity index (χ2v) is 6.95. The Morgan fingerprint density at radius 1 is 1.04 bits per heavy atom. The van der Waals surface area contributed by atoms with Crippen molar-refractivity contribution in [2.75, 3.05) is 5.32 Å². The molecule has 4 nitrogen and oxygen atoms in total. The van der Waals surface area contributed by atoms with Crippen molar-refractivity contribution in [3.8, 4) is 0 Å². The molecule has 25 heavy (non-hydrogen) atoms. The predicted octanol–water partition coefficient (Wildman–Crippen LogP) is 4.69. The summed E-state index contributed by atoms with van der Waals surface area (Å²) < 4.78 is 1.98. The normalized spacial score (nSPS) is 18.7. The Bertz CT molecular complexity index is 971. The fraction of sp³-hybridized carbons (Fsp3) is 0.200. The SMILES string of the molecule is Clc1ccc(C2C3=C(Nc4ncnn42)c2ccccc2CCC3)cc1.